The van der Waals surface area contributed by atoms with E-state index in [1.54, 1.807) is 36.0 Å². The first kappa shape index (κ1) is 17.2. The predicted octanol–water partition coefficient (Wildman–Crippen LogP) is 3.13. The topological polar surface area (TPSA) is 80.3 Å². The second kappa shape index (κ2) is 7.59. The lowest BCUT2D eigenvalue weighted by Gasteiger charge is -2.12. The fraction of sp³-hybridized carbons (Fsp3) is 0.150. The van der Waals surface area contributed by atoms with Gasteiger partial charge in [-0.05, 0) is 35.2 Å². The average molecular weight is 379 g/mol. The zero-order chi connectivity index (χ0) is 18.6. The first-order chi connectivity index (χ1) is 13.2. The van der Waals surface area contributed by atoms with Crippen LogP contribution in [0.3, 0.4) is 0 Å². The lowest BCUT2D eigenvalue weighted by molar-refractivity contribution is 0.0938. The summed E-state index contributed by atoms with van der Waals surface area (Å²) in [4.78, 5) is 29.2. The zero-order valence-electron chi connectivity index (χ0n) is 14.3. The lowest BCUT2D eigenvalue weighted by atomic mass is 10.1. The quantitative estimate of drug-likeness (QED) is 0.714. The number of nitrogens with zero attached hydrogens (tertiary/aromatic N) is 1. The van der Waals surface area contributed by atoms with Gasteiger partial charge in [0.05, 0.1) is 12.2 Å². The summed E-state index contributed by atoms with van der Waals surface area (Å²) in [6, 6.07) is 12.8. The van der Waals surface area contributed by atoms with Crippen LogP contribution in [0, 0.1) is 0 Å². The van der Waals surface area contributed by atoms with Crippen LogP contribution in [0.4, 0.5) is 5.69 Å². The van der Waals surface area contributed by atoms with Gasteiger partial charge in [-0.1, -0.05) is 18.2 Å². The van der Waals surface area contributed by atoms with Gasteiger partial charge in [0.2, 0.25) is 0 Å². The van der Waals surface area contributed by atoms with Gasteiger partial charge in [-0.3, -0.25) is 14.6 Å². The van der Waals surface area contributed by atoms with Crippen molar-refractivity contribution in [3.8, 4) is 5.75 Å². The smallest absolute Gasteiger partial charge is 0.263 e. The third-order valence-electron chi connectivity index (χ3n) is 4.27. The number of ether oxygens (including phenoxy) is 1. The molecule has 2 aromatic heterocycles. The normalized spacial score (nSPS) is 14.9. The molecule has 136 valence electrons. The Morgan fingerprint density at radius 1 is 1.11 bits per heavy atom. The predicted molar refractivity (Wildman–Crippen MR) is 103 cm³/mol. The van der Waals surface area contributed by atoms with E-state index in [0.29, 0.717) is 22.7 Å². The lowest BCUT2D eigenvalue weighted by Crippen LogP contribution is -2.34. The number of carbonyl (C=O) groups is 2. The summed E-state index contributed by atoms with van der Waals surface area (Å²) in [5.74, 6) is 0.368. The molecule has 6 nitrogen and oxygen atoms in total. The molecule has 1 aliphatic heterocycles. The second-order valence-electron chi connectivity index (χ2n) is 6.12. The number of amides is 2. The molecule has 0 saturated heterocycles. The number of pyridine rings is 1. The summed E-state index contributed by atoms with van der Waals surface area (Å²) in [5.41, 5.74) is 2.13. The molecule has 3 heterocycles. The summed E-state index contributed by atoms with van der Waals surface area (Å²) >= 11 is 1.28. The summed E-state index contributed by atoms with van der Waals surface area (Å²) in [5, 5.41) is 7.46. The Morgan fingerprint density at radius 3 is 2.74 bits per heavy atom. The minimum absolute atomic E-state index is 0.0822. The Kier molecular flexibility index (Phi) is 4.84. The summed E-state index contributed by atoms with van der Waals surface area (Å²) in [6.45, 7) is 0.406. The number of anilines is 1. The van der Waals surface area contributed by atoms with Crippen LogP contribution in [0.15, 0.2) is 60.2 Å². The highest BCUT2D eigenvalue weighted by molar-refractivity contribution is 7.12. The molecule has 0 radical (unpaired) electrons. The van der Waals surface area contributed by atoms with Crippen LogP contribution in [0.25, 0.3) is 0 Å². The van der Waals surface area contributed by atoms with Crippen molar-refractivity contribution in [3.05, 3.63) is 76.2 Å². The molecule has 0 unspecified atom stereocenters. The Morgan fingerprint density at radius 2 is 1.93 bits per heavy atom. The molecule has 2 N–H and O–H groups in total. The minimum Gasteiger partial charge on any atom is -0.488 e. The molecule has 27 heavy (non-hydrogen) atoms. The highest BCUT2D eigenvalue weighted by Crippen LogP contribution is 2.28. The first-order valence-corrected chi connectivity index (χ1v) is 9.40. The fourth-order valence-electron chi connectivity index (χ4n) is 2.94. The van der Waals surface area contributed by atoms with E-state index in [1.165, 1.54) is 11.3 Å². The van der Waals surface area contributed by atoms with Crippen LogP contribution in [-0.4, -0.2) is 29.4 Å². The molecule has 2 amide bonds. The molecule has 7 heteroatoms. The number of benzene rings is 1. The molecule has 3 aromatic rings. The van der Waals surface area contributed by atoms with Crippen molar-refractivity contribution in [2.45, 2.75) is 12.5 Å². The molecule has 0 bridgehead atoms. The van der Waals surface area contributed by atoms with E-state index in [4.69, 9.17) is 4.74 Å². The molecule has 4 rings (SSSR count). The average Bonchev–Trinajstić information content (AvgIpc) is 3.33. The monoisotopic (exact) mass is 379 g/mol. The fourth-order valence-corrected chi connectivity index (χ4v) is 3.70. The number of hydrogen-bond acceptors (Lipinski definition) is 5. The third-order valence-corrected chi connectivity index (χ3v) is 5.18. The Labute approximate surface area is 160 Å². The van der Waals surface area contributed by atoms with Gasteiger partial charge < -0.3 is 15.4 Å². The Balaban J connectivity index is 1.36. The van der Waals surface area contributed by atoms with E-state index >= 15 is 0 Å². The molecule has 1 aromatic carbocycles. The van der Waals surface area contributed by atoms with Crippen LogP contribution in [0.5, 0.6) is 5.75 Å². The molecular formula is C20H17N3O3S. The largest absolute Gasteiger partial charge is 0.488 e. The maximum Gasteiger partial charge on any atom is 0.263 e. The maximum atomic E-state index is 12.6. The van der Waals surface area contributed by atoms with Crippen molar-refractivity contribution in [2.75, 3.05) is 11.9 Å². The number of aromatic nitrogens is 1. The molecular weight excluding hydrogens is 362 g/mol. The molecule has 0 aliphatic carbocycles. The van der Waals surface area contributed by atoms with E-state index in [2.05, 4.69) is 15.6 Å². The summed E-state index contributed by atoms with van der Waals surface area (Å²) in [6.07, 6.45) is 3.79. The van der Waals surface area contributed by atoms with Crippen molar-refractivity contribution in [1.82, 2.24) is 10.3 Å². The Hall–Kier alpha value is -3.19. The number of fused-ring (bicyclic) bond motifs is 1. The van der Waals surface area contributed by atoms with Gasteiger partial charge in [-0.2, -0.15) is 0 Å². The maximum absolute atomic E-state index is 12.6. The number of carbonyl (C=O) groups excluding carboxylic acids is 2. The molecule has 1 atom stereocenters. The van der Waals surface area contributed by atoms with Gasteiger partial charge in [-0.15, -0.1) is 11.3 Å². The van der Waals surface area contributed by atoms with Crippen LogP contribution in [0.1, 0.15) is 25.6 Å². The van der Waals surface area contributed by atoms with Crippen LogP contribution in [0.2, 0.25) is 0 Å². The van der Waals surface area contributed by atoms with E-state index in [-0.39, 0.29) is 17.9 Å². The standard InChI is InChI=1S/C20H17N3O3S/c24-19(13-5-8-21-9-6-13)23-16-7-10-27-18(16)20(25)22-12-15-11-14-3-1-2-4-17(14)26-15/h1-10,15H,11-12H2,(H,22,25)(H,23,24)/t15-/m0/s1. The molecule has 1 aliphatic rings. The summed E-state index contributed by atoms with van der Waals surface area (Å²) < 4.78 is 5.84. The zero-order valence-corrected chi connectivity index (χ0v) is 15.2. The highest BCUT2D eigenvalue weighted by atomic mass is 32.1. The van der Waals surface area contributed by atoms with Crippen molar-refractivity contribution in [1.29, 1.82) is 0 Å². The van der Waals surface area contributed by atoms with Gasteiger partial charge in [0.25, 0.3) is 11.8 Å². The molecule has 0 fully saturated rings. The number of para-hydroxylation sites is 1. The van der Waals surface area contributed by atoms with Crippen molar-refractivity contribution in [2.24, 2.45) is 0 Å². The van der Waals surface area contributed by atoms with Gasteiger partial charge in [0.15, 0.2) is 0 Å². The Bertz CT molecular complexity index is 946. The van der Waals surface area contributed by atoms with Crippen LogP contribution >= 0.6 is 11.3 Å². The van der Waals surface area contributed by atoms with Crippen LogP contribution < -0.4 is 15.4 Å². The van der Waals surface area contributed by atoms with E-state index in [9.17, 15) is 9.59 Å². The van der Waals surface area contributed by atoms with Crippen molar-refractivity contribution in [3.63, 3.8) is 0 Å². The first-order valence-electron chi connectivity index (χ1n) is 8.52. The van der Waals surface area contributed by atoms with E-state index < -0.39 is 0 Å². The SMILES string of the molecule is O=C(Nc1ccsc1C(=O)NC[C@@H]1Cc2ccccc2O1)c1ccncc1. The third kappa shape index (κ3) is 3.83. The van der Waals surface area contributed by atoms with Crippen molar-refractivity contribution < 1.29 is 14.3 Å². The second-order valence-corrected chi connectivity index (χ2v) is 7.03. The number of nitrogens with one attached hydrogen (secondary N) is 2. The number of rotatable bonds is 5. The van der Waals surface area contributed by atoms with Gasteiger partial charge in [0.1, 0.15) is 16.7 Å². The molecule has 0 saturated carbocycles. The van der Waals surface area contributed by atoms with Gasteiger partial charge in [-0.25, -0.2) is 0 Å². The minimum atomic E-state index is -0.278. The van der Waals surface area contributed by atoms with E-state index in [1.807, 2.05) is 24.3 Å². The number of thiophene rings is 1. The van der Waals surface area contributed by atoms with Crippen LogP contribution in [-0.2, 0) is 6.42 Å². The molecule has 0 spiro atoms. The highest BCUT2D eigenvalue weighted by Gasteiger charge is 2.24. The summed E-state index contributed by atoms with van der Waals surface area (Å²) in [7, 11) is 0. The van der Waals surface area contributed by atoms with Gasteiger partial charge >= 0.3 is 0 Å². The van der Waals surface area contributed by atoms with Gasteiger partial charge in [0, 0.05) is 24.4 Å². The van der Waals surface area contributed by atoms with Crippen molar-refractivity contribution >= 4 is 28.8 Å². The number of hydrogen-bond donors (Lipinski definition) is 2. The van der Waals surface area contributed by atoms with E-state index in [0.717, 1.165) is 17.7 Å².